The van der Waals surface area contributed by atoms with Gasteiger partial charge in [-0.3, -0.25) is 0 Å². The highest BCUT2D eigenvalue weighted by molar-refractivity contribution is 7.12. The first-order valence-electron chi connectivity index (χ1n) is 6.60. The molecule has 2 amide bonds. The number of nitrogens with one attached hydrogen (secondary N) is 2. The lowest BCUT2D eigenvalue weighted by Crippen LogP contribution is -2.19. The van der Waals surface area contributed by atoms with Gasteiger partial charge in [-0.1, -0.05) is 13.0 Å². The number of amides is 2. The van der Waals surface area contributed by atoms with Crippen LogP contribution in [0.25, 0.3) is 0 Å². The van der Waals surface area contributed by atoms with Gasteiger partial charge in [0.1, 0.15) is 0 Å². The van der Waals surface area contributed by atoms with Crippen LogP contribution in [0.15, 0.2) is 36.4 Å². The molecule has 1 heterocycles. The molecule has 1 aromatic heterocycles. The van der Waals surface area contributed by atoms with Crippen LogP contribution in [0.2, 0.25) is 0 Å². The molecule has 4 N–H and O–H groups in total. The first kappa shape index (κ1) is 14.4. The number of nitrogens with two attached hydrogens (primary N) is 1. The van der Waals surface area contributed by atoms with Gasteiger partial charge in [0.25, 0.3) is 0 Å². The normalized spacial score (nSPS) is 11.9. The number of hydrogen-bond acceptors (Lipinski definition) is 3. The van der Waals surface area contributed by atoms with Crippen LogP contribution < -0.4 is 16.4 Å². The molecule has 0 bridgehead atoms. The van der Waals surface area contributed by atoms with Crippen LogP contribution in [-0.2, 0) is 6.42 Å². The number of carbonyl (C=O) groups excluding carboxylic acids is 1. The largest absolute Gasteiger partial charge is 0.378 e. The SMILES string of the molecule is CCc1ccc(C(C)Nc2cccc(NC(N)=O)c2)s1. The number of primary amides is 1. The van der Waals surface area contributed by atoms with E-state index in [1.807, 2.05) is 29.5 Å². The van der Waals surface area contributed by atoms with Gasteiger partial charge >= 0.3 is 6.03 Å². The first-order chi connectivity index (χ1) is 9.58. The molecular weight excluding hydrogens is 270 g/mol. The Morgan fingerprint density at radius 1 is 1.30 bits per heavy atom. The lowest BCUT2D eigenvalue weighted by atomic mass is 10.2. The van der Waals surface area contributed by atoms with Gasteiger partial charge in [0, 0.05) is 21.1 Å². The molecular formula is C15H19N3OS. The number of rotatable bonds is 5. The summed E-state index contributed by atoms with van der Waals surface area (Å²) in [5, 5.41) is 6.00. The minimum Gasteiger partial charge on any atom is -0.378 e. The van der Waals surface area contributed by atoms with Crippen molar-refractivity contribution in [2.24, 2.45) is 5.73 Å². The Bertz CT molecular complexity index is 594. The maximum absolute atomic E-state index is 10.9. The molecule has 0 fully saturated rings. The monoisotopic (exact) mass is 289 g/mol. The fourth-order valence-corrected chi connectivity index (χ4v) is 2.92. The fourth-order valence-electron chi connectivity index (χ4n) is 1.97. The Morgan fingerprint density at radius 3 is 2.70 bits per heavy atom. The lowest BCUT2D eigenvalue weighted by molar-refractivity contribution is 0.259. The third-order valence-electron chi connectivity index (χ3n) is 2.97. The van der Waals surface area contributed by atoms with Crippen molar-refractivity contribution in [2.75, 3.05) is 10.6 Å². The zero-order valence-corrected chi connectivity index (χ0v) is 12.5. The summed E-state index contributed by atoms with van der Waals surface area (Å²) >= 11 is 1.82. The van der Waals surface area contributed by atoms with Gasteiger partial charge in [-0.05, 0) is 43.7 Å². The second-order valence-corrected chi connectivity index (χ2v) is 5.79. The highest BCUT2D eigenvalue weighted by Crippen LogP contribution is 2.27. The van der Waals surface area contributed by atoms with Crippen molar-refractivity contribution in [1.29, 1.82) is 0 Å². The van der Waals surface area contributed by atoms with E-state index in [-0.39, 0.29) is 6.04 Å². The predicted octanol–water partition coefficient (Wildman–Crippen LogP) is 3.97. The average molecular weight is 289 g/mol. The van der Waals surface area contributed by atoms with E-state index >= 15 is 0 Å². The van der Waals surface area contributed by atoms with E-state index < -0.39 is 6.03 Å². The number of hydrogen-bond donors (Lipinski definition) is 3. The van der Waals surface area contributed by atoms with Crippen molar-refractivity contribution >= 4 is 28.7 Å². The van der Waals surface area contributed by atoms with Crippen molar-refractivity contribution in [2.45, 2.75) is 26.3 Å². The van der Waals surface area contributed by atoms with E-state index in [1.54, 1.807) is 6.07 Å². The molecule has 2 rings (SSSR count). The highest BCUT2D eigenvalue weighted by Gasteiger charge is 2.08. The van der Waals surface area contributed by atoms with Crippen LogP contribution in [0.3, 0.4) is 0 Å². The number of thiophene rings is 1. The number of anilines is 2. The highest BCUT2D eigenvalue weighted by atomic mass is 32.1. The zero-order valence-electron chi connectivity index (χ0n) is 11.6. The molecule has 0 aliphatic rings. The summed E-state index contributed by atoms with van der Waals surface area (Å²) in [6.07, 6.45) is 1.06. The van der Waals surface area contributed by atoms with Crippen molar-refractivity contribution in [1.82, 2.24) is 0 Å². The molecule has 2 aromatic rings. The van der Waals surface area contributed by atoms with E-state index in [9.17, 15) is 4.79 Å². The number of aryl methyl sites for hydroxylation is 1. The Balaban J connectivity index is 2.07. The number of carbonyl (C=O) groups is 1. The van der Waals surface area contributed by atoms with Crippen LogP contribution in [0.5, 0.6) is 0 Å². The lowest BCUT2D eigenvalue weighted by Gasteiger charge is -2.14. The van der Waals surface area contributed by atoms with Crippen LogP contribution in [0.1, 0.15) is 29.6 Å². The summed E-state index contributed by atoms with van der Waals surface area (Å²) in [6, 6.07) is 11.5. The van der Waals surface area contributed by atoms with E-state index in [0.29, 0.717) is 5.69 Å². The number of urea groups is 1. The van der Waals surface area contributed by atoms with Crippen molar-refractivity contribution in [3.05, 3.63) is 46.2 Å². The van der Waals surface area contributed by atoms with Crippen LogP contribution in [0, 0.1) is 0 Å². The smallest absolute Gasteiger partial charge is 0.316 e. The standard InChI is InChI=1S/C15H19N3OS/c1-3-13-7-8-14(20-13)10(2)17-11-5-4-6-12(9-11)18-15(16)19/h4-10,17H,3H2,1-2H3,(H3,16,18,19). The minimum absolute atomic E-state index is 0.226. The quantitative estimate of drug-likeness (QED) is 0.779. The van der Waals surface area contributed by atoms with Crippen molar-refractivity contribution in [3.63, 3.8) is 0 Å². The fraction of sp³-hybridized carbons (Fsp3) is 0.267. The molecule has 0 aliphatic heterocycles. The van der Waals surface area contributed by atoms with Gasteiger partial charge in [-0.2, -0.15) is 0 Å². The Morgan fingerprint density at radius 2 is 2.05 bits per heavy atom. The second-order valence-electron chi connectivity index (χ2n) is 4.59. The Kier molecular flexibility index (Phi) is 4.63. The summed E-state index contributed by atoms with van der Waals surface area (Å²) in [5.74, 6) is 0. The molecule has 1 aromatic carbocycles. The molecule has 0 aliphatic carbocycles. The van der Waals surface area contributed by atoms with Gasteiger partial charge < -0.3 is 16.4 Å². The molecule has 106 valence electrons. The molecule has 1 unspecified atom stereocenters. The molecule has 20 heavy (non-hydrogen) atoms. The molecule has 4 nitrogen and oxygen atoms in total. The first-order valence-corrected chi connectivity index (χ1v) is 7.41. The Labute approximate surface area is 123 Å². The van der Waals surface area contributed by atoms with Gasteiger partial charge in [-0.15, -0.1) is 11.3 Å². The molecule has 0 saturated heterocycles. The third-order valence-corrected chi connectivity index (χ3v) is 4.38. The van der Waals surface area contributed by atoms with Crippen LogP contribution in [-0.4, -0.2) is 6.03 Å². The topological polar surface area (TPSA) is 67.2 Å². The van der Waals surface area contributed by atoms with Gasteiger partial charge in [0.15, 0.2) is 0 Å². The molecule has 0 radical (unpaired) electrons. The predicted molar refractivity (Wildman–Crippen MR) is 85.4 cm³/mol. The van der Waals surface area contributed by atoms with Crippen LogP contribution >= 0.6 is 11.3 Å². The Hall–Kier alpha value is -2.01. The minimum atomic E-state index is -0.555. The molecule has 0 spiro atoms. The second kappa shape index (κ2) is 6.43. The third kappa shape index (κ3) is 3.74. The summed E-state index contributed by atoms with van der Waals surface area (Å²) < 4.78 is 0. The number of benzene rings is 1. The van der Waals surface area contributed by atoms with Crippen molar-refractivity contribution < 1.29 is 4.79 Å². The summed E-state index contributed by atoms with van der Waals surface area (Å²) in [7, 11) is 0. The summed E-state index contributed by atoms with van der Waals surface area (Å²) in [4.78, 5) is 13.5. The zero-order chi connectivity index (χ0) is 14.5. The van der Waals surface area contributed by atoms with Gasteiger partial charge in [-0.25, -0.2) is 4.79 Å². The maximum atomic E-state index is 10.9. The van der Waals surface area contributed by atoms with E-state index in [4.69, 9.17) is 5.73 Å². The van der Waals surface area contributed by atoms with Gasteiger partial charge in [0.2, 0.25) is 0 Å². The molecule has 5 heteroatoms. The average Bonchev–Trinajstić information content (AvgIpc) is 2.87. The summed E-state index contributed by atoms with van der Waals surface area (Å²) in [6.45, 7) is 4.28. The van der Waals surface area contributed by atoms with E-state index in [1.165, 1.54) is 9.75 Å². The van der Waals surface area contributed by atoms with Gasteiger partial charge in [0.05, 0.1) is 6.04 Å². The van der Waals surface area contributed by atoms with E-state index in [0.717, 1.165) is 12.1 Å². The van der Waals surface area contributed by atoms with E-state index in [2.05, 4.69) is 36.6 Å². The molecule has 1 atom stereocenters. The molecule has 0 saturated carbocycles. The summed E-state index contributed by atoms with van der Waals surface area (Å²) in [5.41, 5.74) is 6.76. The maximum Gasteiger partial charge on any atom is 0.316 e. The van der Waals surface area contributed by atoms with Crippen molar-refractivity contribution in [3.8, 4) is 0 Å². The van der Waals surface area contributed by atoms with Crippen LogP contribution in [0.4, 0.5) is 16.2 Å².